The van der Waals surface area contributed by atoms with Crippen LogP contribution in [0, 0.1) is 0 Å². The van der Waals surface area contributed by atoms with Crippen LogP contribution in [0.1, 0.15) is 25.7 Å². The van der Waals surface area contributed by atoms with E-state index in [9.17, 15) is 9.90 Å². The first-order valence-corrected chi connectivity index (χ1v) is 4.97. The van der Waals surface area contributed by atoms with Crippen molar-refractivity contribution < 1.29 is 9.90 Å². The van der Waals surface area contributed by atoms with E-state index in [0.717, 1.165) is 12.8 Å². The summed E-state index contributed by atoms with van der Waals surface area (Å²) in [6.45, 7) is 0. The molecular weight excluding hydrogens is 204 g/mol. The number of carboxylic acid groups (broad SMARTS) is 1. The maximum Gasteiger partial charge on any atom is 0.331 e. The molecule has 1 aliphatic carbocycles. The normalized spacial score (nSPS) is 19.8. The van der Waals surface area contributed by atoms with Crippen molar-refractivity contribution in [1.82, 2.24) is 9.78 Å². The first-order valence-electron chi connectivity index (χ1n) is 4.59. The zero-order valence-corrected chi connectivity index (χ0v) is 8.37. The minimum atomic E-state index is -0.854. The van der Waals surface area contributed by atoms with E-state index in [1.54, 1.807) is 6.20 Å². The number of hydrogen-bond acceptors (Lipinski definition) is 2. The molecule has 0 atom stereocenters. The van der Waals surface area contributed by atoms with Gasteiger partial charge in [-0.15, -0.1) is 0 Å². The van der Waals surface area contributed by atoms with Crippen molar-refractivity contribution in [2.75, 3.05) is 0 Å². The molecule has 0 spiro atoms. The van der Waals surface area contributed by atoms with Crippen LogP contribution in [0.4, 0.5) is 0 Å². The van der Waals surface area contributed by atoms with Crippen molar-refractivity contribution in [1.29, 1.82) is 0 Å². The third-order valence-corrected chi connectivity index (χ3v) is 3.01. The van der Waals surface area contributed by atoms with Crippen LogP contribution in [0.2, 0.25) is 5.02 Å². The number of nitrogens with zero attached hydrogens (tertiary/aromatic N) is 2. The van der Waals surface area contributed by atoms with Gasteiger partial charge in [0.05, 0.1) is 11.2 Å². The van der Waals surface area contributed by atoms with Gasteiger partial charge in [-0.2, -0.15) is 5.10 Å². The molecule has 1 fully saturated rings. The molecule has 1 aromatic heterocycles. The summed E-state index contributed by atoms with van der Waals surface area (Å²) in [6.07, 6.45) is 6.21. The molecule has 0 bridgehead atoms. The highest BCUT2D eigenvalue weighted by Crippen LogP contribution is 2.36. The molecule has 4 nitrogen and oxygen atoms in total. The minimum absolute atomic E-state index is 0.484. The van der Waals surface area contributed by atoms with E-state index in [-0.39, 0.29) is 0 Å². The van der Waals surface area contributed by atoms with Gasteiger partial charge in [-0.25, -0.2) is 4.79 Å². The molecular formula is C9H11ClN2O2. The first-order chi connectivity index (χ1) is 6.65. The fraction of sp³-hybridized carbons (Fsp3) is 0.556. The third kappa shape index (κ3) is 1.30. The van der Waals surface area contributed by atoms with E-state index in [1.807, 2.05) is 0 Å². The first kappa shape index (κ1) is 9.52. The fourth-order valence-electron chi connectivity index (χ4n) is 2.04. The van der Waals surface area contributed by atoms with Crippen LogP contribution in [-0.4, -0.2) is 20.9 Å². The van der Waals surface area contributed by atoms with Crippen molar-refractivity contribution >= 4 is 17.6 Å². The topological polar surface area (TPSA) is 55.1 Å². The van der Waals surface area contributed by atoms with E-state index in [4.69, 9.17) is 11.6 Å². The standard InChI is InChI=1S/C9H11ClN2O2/c10-7-5-11-12(6-7)9(8(13)14)3-1-2-4-9/h5-6H,1-4H2,(H,13,14). The quantitative estimate of drug-likeness (QED) is 0.818. The van der Waals surface area contributed by atoms with Crippen LogP contribution in [0.15, 0.2) is 12.4 Å². The Morgan fingerprint density at radius 2 is 2.21 bits per heavy atom. The molecule has 0 aromatic carbocycles. The summed E-state index contributed by atoms with van der Waals surface area (Å²) < 4.78 is 1.49. The predicted molar refractivity (Wildman–Crippen MR) is 51.3 cm³/mol. The zero-order chi connectivity index (χ0) is 10.2. The molecule has 76 valence electrons. The molecule has 0 amide bonds. The van der Waals surface area contributed by atoms with Gasteiger partial charge in [-0.05, 0) is 12.8 Å². The van der Waals surface area contributed by atoms with E-state index < -0.39 is 11.5 Å². The van der Waals surface area contributed by atoms with Gasteiger partial charge in [0.1, 0.15) is 0 Å². The van der Waals surface area contributed by atoms with Gasteiger partial charge >= 0.3 is 5.97 Å². The van der Waals surface area contributed by atoms with Crippen molar-refractivity contribution in [2.24, 2.45) is 0 Å². The molecule has 1 saturated carbocycles. The lowest BCUT2D eigenvalue weighted by atomic mass is 9.98. The van der Waals surface area contributed by atoms with Crippen molar-refractivity contribution in [3.8, 4) is 0 Å². The highest BCUT2D eigenvalue weighted by atomic mass is 35.5. The minimum Gasteiger partial charge on any atom is -0.479 e. The molecule has 0 unspecified atom stereocenters. The van der Waals surface area contributed by atoms with Crippen LogP contribution in [-0.2, 0) is 10.3 Å². The Balaban J connectivity index is 2.41. The van der Waals surface area contributed by atoms with Crippen LogP contribution < -0.4 is 0 Å². The molecule has 14 heavy (non-hydrogen) atoms. The molecule has 2 rings (SSSR count). The van der Waals surface area contributed by atoms with Crippen LogP contribution in [0.5, 0.6) is 0 Å². The van der Waals surface area contributed by atoms with Crippen LogP contribution >= 0.6 is 11.6 Å². The Morgan fingerprint density at radius 3 is 2.64 bits per heavy atom. The molecule has 1 aromatic rings. The zero-order valence-electron chi connectivity index (χ0n) is 7.61. The second kappa shape index (κ2) is 3.28. The van der Waals surface area contributed by atoms with E-state index in [0.29, 0.717) is 17.9 Å². The van der Waals surface area contributed by atoms with Crippen LogP contribution in [0.25, 0.3) is 0 Å². The predicted octanol–water partition coefficient (Wildman–Crippen LogP) is 1.89. The number of carboxylic acids is 1. The average molecular weight is 215 g/mol. The Kier molecular flexibility index (Phi) is 2.23. The number of hydrogen-bond donors (Lipinski definition) is 1. The molecule has 1 N–H and O–H groups in total. The van der Waals surface area contributed by atoms with E-state index in [2.05, 4.69) is 5.10 Å². The van der Waals surface area contributed by atoms with Gasteiger partial charge < -0.3 is 5.11 Å². The van der Waals surface area contributed by atoms with Gasteiger partial charge in [0.15, 0.2) is 5.54 Å². The summed E-state index contributed by atoms with van der Waals surface area (Å²) in [6, 6.07) is 0. The van der Waals surface area contributed by atoms with Gasteiger partial charge in [0.2, 0.25) is 0 Å². The lowest BCUT2D eigenvalue weighted by molar-refractivity contribution is -0.147. The van der Waals surface area contributed by atoms with Gasteiger partial charge in [-0.3, -0.25) is 4.68 Å². The summed E-state index contributed by atoms with van der Waals surface area (Å²) in [5, 5.41) is 13.7. The molecule has 0 saturated heterocycles. The van der Waals surface area contributed by atoms with Crippen molar-refractivity contribution in [3.63, 3.8) is 0 Å². The molecule has 0 aliphatic heterocycles. The average Bonchev–Trinajstić information content (AvgIpc) is 2.71. The number of aromatic nitrogens is 2. The number of aliphatic carboxylic acids is 1. The summed E-state index contributed by atoms with van der Waals surface area (Å²) >= 11 is 5.73. The third-order valence-electron chi connectivity index (χ3n) is 2.82. The lowest BCUT2D eigenvalue weighted by Crippen LogP contribution is -2.39. The fourth-order valence-corrected chi connectivity index (χ4v) is 2.17. The monoisotopic (exact) mass is 214 g/mol. The Bertz CT molecular complexity index is 355. The summed E-state index contributed by atoms with van der Waals surface area (Å²) in [4.78, 5) is 11.2. The highest BCUT2D eigenvalue weighted by molar-refractivity contribution is 6.30. The molecule has 1 heterocycles. The van der Waals surface area contributed by atoms with Crippen molar-refractivity contribution in [2.45, 2.75) is 31.2 Å². The Labute approximate surface area is 86.5 Å². The number of rotatable bonds is 2. The summed E-state index contributed by atoms with van der Waals surface area (Å²) in [7, 11) is 0. The lowest BCUT2D eigenvalue weighted by Gasteiger charge is -2.24. The second-order valence-corrected chi connectivity index (χ2v) is 4.08. The second-order valence-electron chi connectivity index (χ2n) is 3.65. The molecule has 1 aliphatic rings. The van der Waals surface area contributed by atoms with Gasteiger partial charge in [0, 0.05) is 6.20 Å². The molecule has 5 heteroatoms. The Hall–Kier alpha value is -1.03. The summed E-state index contributed by atoms with van der Waals surface area (Å²) in [5.41, 5.74) is -0.854. The number of carbonyl (C=O) groups is 1. The largest absolute Gasteiger partial charge is 0.479 e. The smallest absolute Gasteiger partial charge is 0.331 e. The van der Waals surface area contributed by atoms with E-state index in [1.165, 1.54) is 10.9 Å². The van der Waals surface area contributed by atoms with Crippen LogP contribution in [0.3, 0.4) is 0 Å². The number of halogens is 1. The SMILES string of the molecule is O=C(O)C1(n2cc(Cl)cn2)CCCC1. The van der Waals surface area contributed by atoms with Gasteiger partial charge in [0.25, 0.3) is 0 Å². The highest BCUT2D eigenvalue weighted by Gasteiger charge is 2.43. The van der Waals surface area contributed by atoms with E-state index >= 15 is 0 Å². The summed E-state index contributed by atoms with van der Waals surface area (Å²) in [5.74, 6) is -0.810. The van der Waals surface area contributed by atoms with Gasteiger partial charge in [-0.1, -0.05) is 24.4 Å². The maximum absolute atomic E-state index is 11.2. The molecule has 0 radical (unpaired) electrons. The maximum atomic E-state index is 11.2. The van der Waals surface area contributed by atoms with Crippen molar-refractivity contribution in [3.05, 3.63) is 17.4 Å². The Morgan fingerprint density at radius 1 is 1.57 bits per heavy atom.